The SMILES string of the molecule is O=C(NCCc1ccc(C(F)(F)F)cc1)c1cccc(S(=O)(=O)N2CCCCC2)c1. The lowest BCUT2D eigenvalue weighted by molar-refractivity contribution is -0.137. The van der Waals surface area contributed by atoms with Crippen LogP contribution in [0.1, 0.15) is 40.7 Å². The third-order valence-electron chi connectivity index (χ3n) is 5.03. The number of benzene rings is 2. The maximum absolute atomic E-state index is 12.8. The Labute approximate surface area is 173 Å². The van der Waals surface area contributed by atoms with Gasteiger partial charge in [-0.3, -0.25) is 4.79 Å². The van der Waals surface area contributed by atoms with E-state index >= 15 is 0 Å². The van der Waals surface area contributed by atoms with E-state index in [0.717, 1.165) is 31.4 Å². The van der Waals surface area contributed by atoms with Gasteiger partial charge in [0.25, 0.3) is 5.91 Å². The average Bonchev–Trinajstić information content (AvgIpc) is 2.74. The first-order valence-corrected chi connectivity index (χ1v) is 11.2. The second-order valence-corrected chi connectivity index (χ2v) is 9.13. The molecule has 0 bridgehead atoms. The van der Waals surface area contributed by atoms with E-state index in [1.807, 2.05) is 0 Å². The predicted octanol–water partition coefficient (Wildman–Crippen LogP) is 3.85. The summed E-state index contributed by atoms with van der Waals surface area (Å²) in [4.78, 5) is 12.5. The van der Waals surface area contributed by atoms with E-state index in [4.69, 9.17) is 0 Å². The summed E-state index contributed by atoms with van der Waals surface area (Å²) in [6.07, 6.45) is -1.37. The molecule has 1 N–H and O–H groups in total. The second-order valence-electron chi connectivity index (χ2n) is 7.19. The number of hydrogen-bond acceptors (Lipinski definition) is 3. The molecule has 1 fully saturated rings. The van der Waals surface area contributed by atoms with Crippen LogP contribution in [-0.2, 0) is 22.6 Å². The lowest BCUT2D eigenvalue weighted by Gasteiger charge is -2.26. The molecule has 0 spiro atoms. The van der Waals surface area contributed by atoms with Crippen molar-refractivity contribution >= 4 is 15.9 Å². The van der Waals surface area contributed by atoms with Crippen molar-refractivity contribution in [2.24, 2.45) is 0 Å². The number of piperidine rings is 1. The van der Waals surface area contributed by atoms with E-state index in [1.54, 1.807) is 0 Å². The molecule has 9 heteroatoms. The van der Waals surface area contributed by atoms with Gasteiger partial charge in [-0.05, 0) is 55.2 Å². The summed E-state index contributed by atoms with van der Waals surface area (Å²) in [6.45, 7) is 1.17. The molecule has 30 heavy (non-hydrogen) atoms. The van der Waals surface area contributed by atoms with E-state index in [-0.39, 0.29) is 17.0 Å². The third kappa shape index (κ3) is 5.40. The Kier molecular flexibility index (Phi) is 6.82. The standard InChI is InChI=1S/C21H23F3N2O3S/c22-21(23,24)18-9-7-16(8-10-18)11-12-25-20(27)17-5-4-6-19(15-17)30(28,29)26-13-2-1-3-14-26/h4-10,15H,1-3,11-14H2,(H,25,27). The van der Waals surface area contributed by atoms with Crippen molar-refractivity contribution in [3.05, 3.63) is 65.2 Å². The van der Waals surface area contributed by atoms with Crippen LogP contribution in [-0.4, -0.2) is 38.3 Å². The number of alkyl halides is 3. The Hall–Kier alpha value is -2.39. The minimum Gasteiger partial charge on any atom is -0.352 e. The zero-order valence-corrected chi connectivity index (χ0v) is 17.1. The molecule has 2 aromatic rings. The minimum absolute atomic E-state index is 0.0831. The first-order valence-electron chi connectivity index (χ1n) is 9.72. The molecule has 0 unspecified atom stereocenters. The summed E-state index contributed by atoms with van der Waals surface area (Å²) in [7, 11) is -3.64. The normalized spacial score (nSPS) is 15.7. The summed E-state index contributed by atoms with van der Waals surface area (Å²) in [5.74, 6) is -0.433. The van der Waals surface area contributed by atoms with Gasteiger partial charge in [0.05, 0.1) is 10.5 Å². The highest BCUT2D eigenvalue weighted by atomic mass is 32.2. The highest BCUT2D eigenvalue weighted by molar-refractivity contribution is 7.89. The Morgan fingerprint density at radius 1 is 1.00 bits per heavy atom. The molecule has 1 aliphatic rings. The van der Waals surface area contributed by atoms with Crippen molar-refractivity contribution < 1.29 is 26.4 Å². The van der Waals surface area contributed by atoms with Crippen LogP contribution in [0.5, 0.6) is 0 Å². The lowest BCUT2D eigenvalue weighted by atomic mass is 10.1. The van der Waals surface area contributed by atoms with E-state index in [2.05, 4.69) is 5.32 Å². The topological polar surface area (TPSA) is 66.5 Å². The van der Waals surface area contributed by atoms with Gasteiger partial charge < -0.3 is 5.32 Å². The maximum Gasteiger partial charge on any atom is 0.416 e. The molecular weight excluding hydrogens is 417 g/mol. The molecule has 2 aromatic carbocycles. The molecule has 0 saturated carbocycles. The molecule has 0 aromatic heterocycles. The lowest BCUT2D eigenvalue weighted by Crippen LogP contribution is -2.35. The van der Waals surface area contributed by atoms with Crippen molar-refractivity contribution in [3.63, 3.8) is 0 Å². The molecule has 0 aliphatic carbocycles. The number of nitrogens with zero attached hydrogens (tertiary/aromatic N) is 1. The fourth-order valence-electron chi connectivity index (χ4n) is 3.33. The van der Waals surface area contributed by atoms with Crippen LogP contribution in [0, 0.1) is 0 Å². The minimum atomic E-state index is -4.38. The first kappa shape index (κ1) is 22.3. The van der Waals surface area contributed by atoms with Crippen LogP contribution >= 0.6 is 0 Å². The van der Waals surface area contributed by atoms with Crippen molar-refractivity contribution in [1.29, 1.82) is 0 Å². The number of rotatable bonds is 6. The molecule has 0 atom stereocenters. The fraction of sp³-hybridized carbons (Fsp3) is 0.381. The second kappa shape index (κ2) is 9.18. The van der Waals surface area contributed by atoms with Crippen molar-refractivity contribution in [2.45, 2.75) is 36.8 Å². The zero-order chi connectivity index (χ0) is 21.8. The fourth-order valence-corrected chi connectivity index (χ4v) is 4.90. The number of carbonyl (C=O) groups is 1. The number of halogens is 3. The van der Waals surface area contributed by atoms with E-state index in [9.17, 15) is 26.4 Å². The van der Waals surface area contributed by atoms with Gasteiger partial charge in [0.15, 0.2) is 0 Å². The van der Waals surface area contributed by atoms with E-state index < -0.39 is 27.7 Å². The first-order chi connectivity index (χ1) is 14.2. The predicted molar refractivity (Wildman–Crippen MR) is 107 cm³/mol. The van der Waals surface area contributed by atoms with Gasteiger partial charge in [-0.25, -0.2) is 8.42 Å². The van der Waals surface area contributed by atoms with Gasteiger partial charge in [-0.15, -0.1) is 0 Å². The van der Waals surface area contributed by atoms with Gasteiger partial charge >= 0.3 is 6.18 Å². The van der Waals surface area contributed by atoms with Crippen molar-refractivity contribution in [2.75, 3.05) is 19.6 Å². The summed E-state index contributed by atoms with van der Waals surface area (Å²) in [5.41, 5.74) is 0.159. The van der Waals surface area contributed by atoms with Gasteiger partial charge in [0.1, 0.15) is 0 Å². The van der Waals surface area contributed by atoms with E-state index in [1.165, 1.54) is 40.7 Å². The summed E-state index contributed by atoms with van der Waals surface area (Å²) >= 11 is 0. The molecule has 1 saturated heterocycles. The smallest absolute Gasteiger partial charge is 0.352 e. The molecule has 1 heterocycles. The number of amides is 1. The number of nitrogens with one attached hydrogen (secondary N) is 1. The highest BCUT2D eigenvalue weighted by Gasteiger charge is 2.30. The molecule has 0 radical (unpaired) electrons. The van der Waals surface area contributed by atoms with Crippen molar-refractivity contribution in [1.82, 2.24) is 9.62 Å². The zero-order valence-electron chi connectivity index (χ0n) is 16.3. The molecule has 1 amide bonds. The van der Waals surface area contributed by atoms with Crippen molar-refractivity contribution in [3.8, 4) is 0 Å². The van der Waals surface area contributed by atoms with Crippen LogP contribution < -0.4 is 5.32 Å². The van der Waals surface area contributed by atoms with Gasteiger partial charge in [-0.1, -0.05) is 24.6 Å². The summed E-state index contributed by atoms with van der Waals surface area (Å²) in [6, 6.07) is 10.7. The van der Waals surface area contributed by atoms with Gasteiger partial charge in [0, 0.05) is 25.2 Å². The van der Waals surface area contributed by atoms with Crippen LogP contribution in [0.2, 0.25) is 0 Å². The molecule has 3 rings (SSSR count). The highest BCUT2D eigenvalue weighted by Crippen LogP contribution is 2.29. The monoisotopic (exact) mass is 440 g/mol. The summed E-state index contributed by atoms with van der Waals surface area (Å²) in [5, 5.41) is 2.68. The van der Waals surface area contributed by atoms with Crippen LogP contribution in [0.15, 0.2) is 53.4 Å². The van der Waals surface area contributed by atoms with Crippen LogP contribution in [0.25, 0.3) is 0 Å². The summed E-state index contributed by atoms with van der Waals surface area (Å²) < 4.78 is 64.8. The molecule has 162 valence electrons. The third-order valence-corrected chi connectivity index (χ3v) is 6.92. The van der Waals surface area contributed by atoms with Crippen LogP contribution in [0.4, 0.5) is 13.2 Å². The maximum atomic E-state index is 12.8. The molecule has 1 aliphatic heterocycles. The largest absolute Gasteiger partial charge is 0.416 e. The quantitative estimate of drug-likeness (QED) is 0.742. The Morgan fingerprint density at radius 3 is 2.30 bits per heavy atom. The van der Waals surface area contributed by atoms with Crippen LogP contribution in [0.3, 0.4) is 0 Å². The molecule has 5 nitrogen and oxygen atoms in total. The van der Waals surface area contributed by atoms with Gasteiger partial charge in [-0.2, -0.15) is 17.5 Å². The Morgan fingerprint density at radius 2 is 1.67 bits per heavy atom. The number of carbonyl (C=O) groups excluding carboxylic acids is 1. The Bertz CT molecular complexity index is 983. The van der Waals surface area contributed by atoms with E-state index in [0.29, 0.717) is 25.1 Å². The molecular formula is C21H23F3N2O3S. The van der Waals surface area contributed by atoms with Gasteiger partial charge in [0.2, 0.25) is 10.0 Å². The number of hydrogen-bond donors (Lipinski definition) is 1. The number of sulfonamides is 1. The average molecular weight is 440 g/mol. The Balaban J connectivity index is 1.60.